The molecular formula is C26H22N4O4. The Bertz CT molecular complexity index is 1310. The lowest BCUT2D eigenvalue weighted by molar-refractivity contribution is 0.164. The summed E-state index contributed by atoms with van der Waals surface area (Å²) in [5.41, 5.74) is 1.75. The molecule has 0 saturated carbocycles. The number of carbonyl (C=O) groups is 2. The fraction of sp³-hybridized carbons (Fsp3) is 0.0769. The average molecular weight is 454 g/mol. The van der Waals surface area contributed by atoms with Gasteiger partial charge in [-0.1, -0.05) is 83.1 Å². The van der Waals surface area contributed by atoms with Crippen molar-refractivity contribution < 1.29 is 19.3 Å². The zero-order valence-corrected chi connectivity index (χ0v) is 18.6. The zero-order valence-electron chi connectivity index (χ0n) is 18.6. The van der Waals surface area contributed by atoms with Crippen LogP contribution >= 0.6 is 0 Å². The van der Waals surface area contributed by atoms with Crippen LogP contribution in [0.4, 0.5) is 21.0 Å². The van der Waals surface area contributed by atoms with Crippen LogP contribution in [0, 0.1) is 0 Å². The van der Waals surface area contributed by atoms with Gasteiger partial charge in [0.2, 0.25) is 0 Å². The molecule has 0 fully saturated rings. The normalized spacial score (nSPS) is 11.8. The summed E-state index contributed by atoms with van der Waals surface area (Å²) >= 11 is 0. The van der Waals surface area contributed by atoms with Gasteiger partial charge >= 0.3 is 12.2 Å². The quantitative estimate of drug-likeness (QED) is 0.203. The third-order valence-electron chi connectivity index (χ3n) is 5.11. The summed E-state index contributed by atoms with van der Waals surface area (Å²) in [6.45, 7) is 3.16. The Morgan fingerprint density at radius 2 is 0.971 bits per heavy atom. The van der Waals surface area contributed by atoms with Gasteiger partial charge in [-0.25, -0.2) is 9.59 Å². The van der Waals surface area contributed by atoms with Crippen molar-refractivity contribution in [2.24, 2.45) is 10.3 Å². The SMILES string of the molecule is CC(=N\OC(=O)Nc1cccc2ccccc12)/C(C)=N/OC(=O)Nc1cccc2ccccc12. The Balaban J connectivity index is 1.34. The molecule has 2 amide bonds. The van der Waals surface area contributed by atoms with Crippen molar-refractivity contribution in [1.29, 1.82) is 0 Å². The van der Waals surface area contributed by atoms with E-state index in [0.717, 1.165) is 21.5 Å². The molecule has 0 aromatic heterocycles. The fourth-order valence-corrected chi connectivity index (χ4v) is 3.29. The van der Waals surface area contributed by atoms with Crippen molar-refractivity contribution in [2.45, 2.75) is 13.8 Å². The van der Waals surface area contributed by atoms with Gasteiger partial charge in [0.15, 0.2) is 0 Å². The third-order valence-corrected chi connectivity index (χ3v) is 5.11. The number of anilines is 2. The Morgan fingerprint density at radius 1 is 0.588 bits per heavy atom. The van der Waals surface area contributed by atoms with Crippen LogP contribution in [0.1, 0.15) is 13.8 Å². The predicted molar refractivity (Wildman–Crippen MR) is 134 cm³/mol. The first-order valence-electron chi connectivity index (χ1n) is 10.5. The van der Waals surface area contributed by atoms with Gasteiger partial charge in [-0.3, -0.25) is 20.3 Å². The first kappa shape index (κ1) is 22.5. The molecule has 0 atom stereocenters. The second kappa shape index (κ2) is 10.3. The molecule has 8 heteroatoms. The maximum Gasteiger partial charge on any atom is 0.437 e. The topological polar surface area (TPSA) is 101 Å². The first-order chi connectivity index (χ1) is 16.5. The Kier molecular flexibility index (Phi) is 6.78. The number of benzene rings is 4. The predicted octanol–water partition coefficient (Wildman–Crippen LogP) is 6.54. The molecule has 4 rings (SSSR count). The molecule has 0 radical (unpaired) electrons. The summed E-state index contributed by atoms with van der Waals surface area (Å²) < 4.78 is 0. The highest BCUT2D eigenvalue weighted by molar-refractivity contribution is 6.40. The van der Waals surface area contributed by atoms with Crippen LogP contribution in [0.15, 0.2) is 95.2 Å². The van der Waals surface area contributed by atoms with Gasteiger partial charge in [0.05, 0.1) is 11.4 Å². The lowest BCUT2D eigenvalue weighted by atomic mass is 10.1. The van der Waals surface area contributed by atoms with Crippen LogP contribution in [-0.4, -0.2) is 23.6 Å². The molecule has 34 heavy (non-hydrogen) atoms. The van der Waals surface area contributed by atoms with Crippen LogP contribution < -0.4 is 10.6 Å². The number of rotatable bonds is 5. The van der Waals surface area contributed by atoms with Crippen molar-refractivity contribution in [1.82, 2.24) is 0 Å². The number of oxime groups is 2. The smallest absolute Gasteiger partial charge is 0.297 e. The van der Waals surface area contributed by atoms with Crippen LogP contribution in [0.25, 0.3) is 21.5 Å². The van der Waals surface area contributed by atoms with E-state index in [1.165, 1.54) is 0 Å². The highest BCUT2D eigenvalue weighted by atomic mass is 16.7. The molecule has 0 spiro atoms. The maximum atomic E-state index is 12.2. The first-order valence-corrected chi connectivity index (χ1v) is 10.5. The van der Waals surface area contributed by atoms with E-state index in [2.05, 4.69) is 20.9 Å². The lowest BCUT2D eigenvalue weighted by Gasteiger charge is -2.08. The molecule has 0 saturated heterocycles. The van der Waals surface area contributed by atoms with Crippen molar-refractivity contribution in [3.63, 3.8) is 0 Å². The van der Waals surface area contributed by atoms with Crippen molar-refractivity contribution in [3.8, 4) is 0 Å². The Labute approximate surface area is 195 Å². The van der Waals surface area contributed by atoms with Gasteiger partial charge in [0, 0.05) is 10.8 Å². The van der Waals surface area contributed by atoms with Crippen LogP contribution in [0.2, 0.25) is 0 Å². The summed E-state index contributed by atoms with van der Waals surface area (Å²) in [7, 11) is 0. The molecule has 0 unspecified atom stereocenters. The van der Waals surface area contributed by atoms with Gasteiger partial charge in [0.25, 0.3) is 0 Å². The molecule has 4 aromatic rings. The van der Waals surface area contributed by atoms with Gasteiger partial charge in [0.1, 0.15) is 11.4 Å². The molecule has 2 N–H and O–H groups in total. The standard InChI is InChI=1S/C26H22N4O4/c1-17(29-33-25(31)27-23-15-7-11-19-9-3-5-13-21(19)23)18(2)30-34-26(32)28-24-16-8-12-20-10-4-6-14-22(20)24/h3-16H,1-2H3,(H,27,31)(H,28,32)/b29-17+,30-18+. The minimum atomic E-state index is -0.752. The van der Waals surface area contributed by atoms with Gasteiger partial charge < -0.3 is 0 Å². The van der Waals surface area contributed by atoms with Crippen molar-refractivity contribution in [2.75, 3.05) is 10.6 Å². The van der Waals surface area contributed by atoms with Gasteiger partial charge in [-0.05, 0) is 36.8 Å². The molecular weight excluding hydrogens is 432 g/mol. The van der Waals surface area contributed by atoms with E-state index in [1.807, 2.05) is 72.8 Å². The van der Waals surface area contributed by atoms with Crippen LogP contribution in [0.3, 0.4) is 0 Å². The number of fused-ring (bicyclic) bond motifs is 2. The Morgan fingerprint density at radius 3 is 1.41 bits per heavy atom. The molecule has 8 nitrogen and oxygen atoms in total. The third kappa shape index (κ3) is 5.36. The van der Waals surface area contributed by atoms with E-state index in [9.17, 15) is 9.59 Å². The minimum absolute atomic E-state index is 0.269. The number of hydrogen-bond donors (Lipinski definition) is 2. The second-order valence-corrected chi connectivity index (χ2v) is 7.41. The zero-order chi connectivity index (χ0) is 23.9. The van der Waals surface area contributed by atoms with Crippen LogP contribution in [0.5, 0.6) is 0 Å². The van der Waals surface area contributed by atoms with Crippen LogP contribution in [-0.2, 0) is 9.68 Å². The van der Waals surface area contributed by atoms with Crippen molar-refractivity contribution in [3.05, 3.63) is 84.9 Å². The molecule has 4 aromatic carbocycles. The Hall–Kier alpha value is -4.72. The van der Waals surface area contributed by atoms with E-state index in [-0.39, 0.29) is 11.4 Å². The summed E-state index contributed by atoms with van der Waals surface area (Å²) in [6, 6.07) is 26.4. The highest BCUT2D eigenvalue weighted by Gasteiger charge is 2.09. The largest absolute Gasteiger partial charge is 0.437 e. The number of hydrogen-bond acceptors (Lipinski definition) is 6. The van der Waals surface area contributed by atoms with E-state index in [1.54, 1.807) is 26.0 Å². The molecule has 170 valence electrons. The average Bonchev–Trinajstić information content (AvgIpc) is 2.86. The van der Waals surface area contributed by atoms with Gasteiger partial charge in [-0.15, -0.1) is 0 Å². The number of nitrogens with zero attached hydrogens (tertiary/aromatic N) is 2. The van der Waals surface area contributed by atoms with E-state index in [0.29, 0.717) is 11.4 Å². The minimum Gasteiger partial charge on any atom is -0.297 e. The number of nitrogens with one attached hydrogen (secondary N) is 2. The highest BCUT2D eigenvalue weighted by Crippen LogP contribution is 2.24. The lowest BCUT2D eigenvalue weighted by Crippen LogP contribution is -2.16. The molecule has 0 aliphatic carbocycles. The fourth-order valence-electron chi connectivity index (χ4n) is 3.29. The molecule has 0 aliphatic rings. The van der Waals surface area contributed by atoms with E-state index < -0.39 is 12.2 Å². The number of amides is 2. The molecule has 0 heterocycles. The summed E-state index contributed by atoms with van der Waals surface area (Å²) in [6.07, 6.45) is -1.50. The second-order valence-electron chi connectivity index (χ2n) is 7.41. The van der Waals surface area contributed by atoms with Crippen molar-refractivity contribution >= 4 is 56.5 Å². The van der Waals surface area contributed by atoms with E-state index >= 15 is 0 Å². The molecule has 0 aliphatic heterocycles. The summed E-state index contributed by atoms with van der Waals surface area (Å²) in [5.74, 6) is 0. The monoisotopic (exact) mass is 454 g/mol. The van der Waals surface area contributed by atoms with E-state index in [4.69, 9.17) is 9.68 Å². The van der Waals surface area contributed by atoms with Gasteiger partial charge in [-0.2, -0.15) is 0 Å². The number of carbonyl (C=O) groups excluding carboxylic acids is 2. The maximum absolute atomic E-state index is 12.2. The molecule has 0 bridgehead atoms. The summed E-state index contributed by atoms with van der Waals surface area (Å²) in [5, 5.41) is 16.6. The summed E-state index contributed by atoms with van der Waals surface area (Å²) in [4.78, 5) is 34.2.